The van der Waals surface area contributed by atoms with E-state index < -0.39 is 0 Å². The first-order valence-corrected chi connectivity index (χ1v) is 11.0. The number of nitrogens with one attached hydrogen (secondary N) is 1. The first-order chi connectivity index (χ1) is 14.7. The average Bonchev–Trinajstić information content (AvgIpc) is 3.69. The Hall–Kier alpha value is -2.48. The first-order valence-electron chi connectivity index (χ1n) is 11.0. The van der Waals surface area contributed by atoms with Crippen LogP contribution in [0.5, 0.6) is 5.88 Å². The van der Waals surface area contributed by atoms with Gasteiger partial charge in [0.05, 0.1) is 12.6 Å². The van der Waals surface area contributed by atoms with Crippen LogP contribution in [0.4, 0.5) is 0 Å². The van der Waals surface area contributed by atoms with Gasteiger partial charge in [0, 0.05) is 25.7 Å². The fourth-order valence-corrected chi connectivity index (χ4v) is 3.99. The second-order valence-corrected chi connectivity index (χ2v) is 8.69. The van der Waals surface area contributed by atoms with Gasteiger partial charge in [-0.25, -0.2) is 4.98 Å². The Balaban J connectivity index is 1.31. The number of rotatable bonds is 8. The molecule has 5 rings (SSSR count). The van der Waals surface area contributed by atoms with Gasteiger partial charge in [0.1, 0.15) is 5.69 Å². The summed E-state index contributed by atoms with van der Waals surface area (Å²) in [5.41, 5.74) is 1.48. The fourth-order valence-electron chi connectivity index (χ4n) is 3.99. The number of hydrogen-bond donors (Lipinski definition) is 1. The van der Waals surface area contributed by atoms with E-state index in [-0.39, 0.29) is 11.9 Å². The van der Waals surface area contributed by atoms with E-state index in [2.05, 4.69) is 20.4 Å². The number of carbonyl (C=O) groups excluding carboxylic acids is 1. The molecule has 1 atom stereocenters. The SMILES string of the molecule is Cc1nc(C(NC(=O)c2ccc(C3CC3)c(OCC3CCOCC3)n2)C2CC2)no1. The maximum Gasteiger partial charge on any atom is 0.270 e. The predicted octanol–water partition coefficient (Wildman–Crippen LogP) is 3.34. The van der Waals surface area contributed by atoms with Gasteiger partial charge >= 0.3 is 0 Å². The van der Waals surface area contributed by atoms with Gasteiger partial charge in [-0.15, -0.1) is 0 Å². The molecular weight excluding hydrogens is 384 g/mol. The summed E-state index contributed by atoms with van der Waals surface area (Å²) >= 11 is 0. The average molecular weight is 412 g/mol. The van der Waals surface area contributed by atoms with Crippen molar-refractivity contribution in [3.05, 3.63) is 35.1 Å². The van der Waals surface area contributed by atoms with Crippen LogP contribution in [-0.4, -0.2) is 40.9 Å². The maximum atomic E-state index is 13.0. The summed E-state index contributed by atoms with van der Waals surface area (Å²) in [4.78, 5) is 21.9. The molecule has 0 aromatic carbocycles. The van der Waals surface area contributed by atoms with Crippen molar-refractivity contribution < 1.29 is 18.8 Å². The number of hydrogen-bond acceptors (Lipinski definition) is 7. The molecule has 8 heteroatoms. The van der Waals surface area contributed by atoms with Gasteiger partial charge in [-0.2, -0.15) is 4.98 Å². The molecule has 160 valence electrons. The maximum absolute atomic E-state index is 13.0. The zero-order chi connectivity index (χ0) is 20.5. The van der Waals surface area contributed by atoms with Crippen LogP contribution in [0.15, 0.2) is 16.7 Å². The van der Waals surface area contributed by atoms with Gasteiger partial charge in [0.25, 0.3) is 5.91 Å². The zero-order valence-corrected chi connectivity index (χ0v) is 17.3. The second kappa shape index (κ2) is 8.34. The minimum atomic E-state index is -0.244. The lowest BCUT2D eigenvalue weighted by Gasteiger charge is -2.22. The van der Waals surface area contributed by atoms with Gasteiger partial charge in [0.15, 0.2) is 5.82 Å². The molecular formula is C22H28N4O4. The molecule has 2 saturated carbocycles. The highest BCUT2D eigenvalue weighted by molar-refractivity contribution is 5.92. The number of carbonyl (C=O) groups is 1. The number of nitrogens with zero attached hydrogens (tertiary/aromatic N) is 3. The Morgan fingerprint density at radius 2 is 1.97 bits per heavy atom. The highest BCUT2D eigenvalue weighted by Gasteiger charge is 2.37. The van der Waals surface area contributed by atoms with Crippen molar-refractivity contribution in [3.63, 3.8) is 0 Å². The summed E-state index contributed by atoms with van der Waals surface area (Å²) in [5, 5.41) is 7.08. The summed E-state index contributed by atoms with van der Waals surface area (Å²) in [6, 6.07) is 3.56. The van der Waals surface area contributed by atoms with Crippen molar-refractivity contribution in [2.45, 2.75) is 57.4 Å². The molecule has 0 bridgehead atoms. The highest BCUT2D eigenvalue weighted by atomic mass is 16.5. The molecule has 0 spiro atoms. The van der Waals surface area contributed by atoms with Crippen LogP contribution in [0.25, 0.3) is 0 Å². The first kappa shape index (κ1) is 19.5. The Morgan fingerprint density at radius 3 is 2.63 bits per heavy atom. The van der Waals surface area contributed by atoms with Gasteiger partial charge in [0.2, 0.25) is 11.8 Å². The molecule has 30 heavy (non-hydrogen) atoms. The summed E-state index contributed by atoms with van der Waals surface area (Å²) in [6.45, 7) is 3.95. The van der Waals surface area contributed by atoms with E-state index >= 15 is 0 Å². The Kier molecular flexibility index (Phi) is 5.41. The molecule has 1 aliphatic heterocycles. The Labute approximate surface area is 175 Å². The molecule has 1 N–H and O–H groups in total. The molecule has 2 aliphatic carbocycles. The van der Waals surface area contributed by atoms with Gasteiger partial charge in [-0.1, -0.05) is 11.2 Å². The Morgan fingerprint density at radius 1 is 1.17 bits per heavy atom. The van der Waals surface area contributed by atoms with Crippen molar-refractivity contribution >= 4 is 5.91 Å². The summed E-state index contributed by atoms with van der Waals surface area (Å²) in [6.07, 6.45) is 6.42. The van der Waals surface area contributed by atoms with E-state index in [9.17, 15) is 4.79 Å². The molecule has 3 fully saturated rings. The van der Waals surface area contributed by atoms with E-state index in [0.29, 0.717) is 47.6 Å². The molecule has 1 unspecified atom stereocenters. The number of pyridine rings is 1. The van der Waals surface area contributed by atoms with Crippen LogP contribution in [0, 0.1) is 18.8 Å². The summed E-state index contributed by atoms with van der Waals surface area (Å²) in [5.74, 6) is 2.74. The monoisotopic (exact) mass is 412 g/mol. The van der Waals surface area contributed by atoms with Gasteiger partial charge in [-0.05, 0) is 62.3 Å². The van der Waals surface area contributed by atoms with Crippen molar-refractivity contribution in [2.75, 3.05) is 19.8 Å². The normalized spacial score (nSPS) is 20.7. The topological polar surface area (TPSA) is 99.4 Å². The van der Waals surface area contributed by atoms with Crippen LogP contribution in [0.2, 0.25) is 0 Å². The molecule has 1 amide bonds. The van der Waals surface area contributed by atoms with Crippen molar-refractivity contribution in [1.82, 2.24) is 20.4 Å². The zero-order valence-electron chi connectivity index (χ0n) is 17.3. The molecule has 2 aromatic rings. The van der Waals surface area contributed by atoms with Gasteiger partial charge < -0.3 is 19.3 Å². The fraction of sp³-hybridized carbons (Fsp3) is 0.636. The quantitative estimate of drug-likeness (QED) is 0.710. The van der Waals surface area contributed by atoms with E-state index in [4.69, 9.17) is 14.0 Å². The number of aromatic nitrogens is 3. The minimum Gasteiger partial charge on any atom is -0.477 e. The van der Waals surface area contributed by atoms with Crippen LogP contribution in [0.3, 0.4) is 0 Å². The van der Waals surface area contributed by atoms with Crippen LogP contribution >= 0.6 is 0 Å². The third-order valence-electron chi connectivity index (χ3n) is 6.14. The lowest BCUT2D eigenvalue weighted by atomic mass is 10.0. The summed E-state index contributed by atoms with van der Waals surface area (Å²) in [7, 11) is 0. The van der Waals surface area contributed by atoms with Crippen molar-refractivity contribution in [2.24, 2.45) is 11.8 Å². The smallest absolute Gasteiger partial charge is 0.270 e. The lowest BCUT2D eigenvalue weighted by Crippen LogP contribution is -2.31. The van der Waals surface area contributed by atoms with E-state index in [1.165, 1.54) is 0 Å². The summed E-state index contributed by atoms with van der Waals surface area (Å²) < 4.78 is 16.7. The highest BCUT2D eigenvalue weighted by Crippen LogP contribution is 2.44. The Bertz CT molecular complexity index is 900. The standard InChI is InChI=1S/C22H28N4O4/c1-13-23-20(26-30-13)19(16-4-5-16)25-21(27)18-7-6-17(15-2-3-15)22(24-18)29-12-14-8-10-28-11-9-14/h6-7,14-16,19H,2-5,8-12H2,1H3,(H,25,27). The number of aryl methyl sites for hydroxylation is 1. The molecule has 8 nitrogen and oxygen atoms in total. The second-order valence-electron chi connectivity index (χ2n) is 8.69. The molecule has 0 radical (unpaired) electrons. The van der Waals surface area contributed by atoms with E-state index in [1.807, 2.05) is 6.07 Å². The lowest BCUT2D eigenvalue weighted by molar-refractivity contribution is 0.0488. The number of ether oxygens (including phenoxy) is 2. The van der Waals surface area contributed by atoms with Crippen LogP contribution in [0.1, 0.15) is 78.3 Å². The minimum absolute atomic E-state index is 0.229. The van der Waals surface area contributed by atoms with Crippen molar-refractivity contribution in [1.29, 1.82) is 0 Å². The van der Waals surface area contributed by atoms with E-state index in [1.54, 1.807) is 13.0 Å². The third-order valence-corrected chi connectivity index (χ3v) is 6.14. The van der Waals surface area contributed by atoms with Gasteiger partial charge in [-0.3, -0.25) is 4.79 Å². The third kappa shape index (κ3) is 4.48. The van der Waals surface area contributed by atoms with E-state index in [0.717, 1.165) is 57.3 Å². The van der Waals surface area contributed by atoms with Crippen LogP contribution in [-0.2, 0) is 4.74 Å². The molecule has 2 aromatic heterocycles. The predicted molar refractivity (Wildman–Crippen MR) is 107 cm³/mol. The van der Waals surface area contributed by atoms with Crippen molar-refractivity contribution in [3.8, 4) is 5.88 Å². The molecule has 3 heterocycles. The van der Waals surface area contributed by atoms with Crippen LogP contribution < -0.4 is 10.1 Å². The molecule has 1 saturated heterocycles. The molecule has 3 aliphatic rings. The largest absolute Gasteiger partial charge is 0.477 e. The number of amides is 1.